The van der Waals surface area contributed by atoms with E-state index in [0.29, 0.717) is 10.8 Å². The van der Waals surface area contributed by atoms with Crippen LogP contribution in [0.25, 0.3) is 65.7 Å². The average Bonchev–Trinajstić information content (AvgIpc) is 3.37. The first-order chi connectivity index (χ1) is 18.4. The molecule has 0 bridgehead atoms. The quantitative estimate of drug-likeness (QED) is 0.171. The molecule has 0 aliphatic carbocycles. The summed E-state index contributed by atoms with van der Waals surface area (Å²) in [5, 5.41) is 19.4. The summed E-state index contributed by atoms with van der Waals surface area (Å²) in [4.78, 5) is 24.5. The average molecular weight is 506 g/mol. The van der Waals surface area contributed by atoms with Crippen molar-refractivity contribution in [1.29, 1.82) is 10.5 Å². The number of hydrogen-bond acceptors (Lipinski definition) is 8. The van der Waals surface area contributed by atoms with Crippen LogP contribution in [0.4, 0.5) is 17.6 Å². The Morgan fingerprint density at radius 1 is 0.500 bits per heavy atom. The summed E-state index contributed by atoms with van der Waals surface area (Å²) in [6.07, 6.45) is 3.23. The molecule has 38 heavy (non-hydrogen) atoms. The van der Waals surface area contributed by atoms with E-state index < -0.39 is 45.3 Å². The summed E-state index contributed by atoms with van der Waals surface area (Å²) in [5.41, 5.74) is -1.80. The van der Waals surface area contributed by atoms with E-state index in [1.807, 2.05) is 0 Å². The first-order valence-electron chi connectivity index (χ1n) is 10.9. The molecule has 0 atom stereocenters. The lowest BCUT2D eigenvalue weighted by atomic mass is 10.2. The molecular weight excluding hydrogens is 500 g/mol. The van der Waals surface area contributed by atoms with Crippen molar-refractivity contribution in [3.05, 3.63) is 70.4 Å². The van der Waals surface area contributed by atoms with E-state index in [2.05, 4.69) is 29.9 Å². The molecule has 0 aliphatic heterocycles. The van der Waals surface area contributed by atoms with Crippen molar-refractivity contribution in [3.63, 3.8) is 0 Å². The predicted octanol–water partition coefficient (Wildman–Crippen LogP) is 4.38. The van der Waals surface area contributed by atoms with E-state index in [9.17, 15) is 8.78 Å². The minimum absolute atomic E-state index is 0.0179. The lowest BCUT2D eigenvalue weighted by Gasteiger charge is -2.06. The monoisotopic (exact) mass is 506 g/mol. The number of rotatable bonds is 0. The van der Waals surface area contributed by atoms with Crippen molar-refractivity contribution >= 4 is 65.7 Å². The van der Waals surface area contributed by atoms with Crippen LogP contribution < -0.4 is 10.7 Å². The Balaban J connectivity index is 1.71. The summed E-state index contributed by atoms with van der Waals surface area (Å²) >= 11 is 0. The smallest absolute Gasteiger partial charge is 0.206 e. The minimum Gasteiger partial charge on any atom is -0.240 e. The van der Waals surface area contributed by atoms with Crippen molar-refractivity contribution in [2.24, 2.45) is 9.98 Å². The Morgan fingerprint density at radius 2 is 0.868 bits per heavy atom. The maximum Gasteiger partial charge on any atom is 0.206 e. The Morgan fingerprint density at radius 3 is 1.24 bits per heavy atom. The Bertz CT molecular complexity index is 2260. The van der Waals surface area contributed by atoms with Gasteiger partial charge < -0.3 is 0 Å². The number of fused-ring (bicyclic) bond motifs is 8. The molecule has 2 aromatic heterocycles. The normalized spacial score (nSPS) is 13.0. The largest absolute Gasteiger partial charge is 0.240 e. The Hall–Kier alpha value is -5.62. The maximum atomic E-state index is 15.9. The summed E-state index contributed by atoms with van der Waals surface area (Å²) in [5.74, 6) is -3.30. The highest BCUT2D eigenvalue weighted by atomic mass is 19.1. The number of hydrogen-bond donors (Lipinski definition) is 0. The molecule has 0 spiro atoms. The van der Waals surface area contributed by atoms with Crippen LogP contribution >= 0.6 is 0 Å². The molecule has 5 aromatic carbocycles. The van der Waals surface area contributed by atoms with Gasteiger partial charge in [0.25, 0.3) is 0 Å². The van der Waals surface area contributed by atoms with E-state index >= 15 is 8.78 Å². The third-order valence-corrected chi connectivity index (χ3v) is 6.38. The van der Waals surface area contributed by atoms with Gasteiger partial charge in [0, 0.05) is 21.5 Å². The third-order valence-electron chi connectivity index (χ3n) is 6.38. The van der Waals surface area contributed by atoms with Gasteiger partial charge in [-0.2, -0.15) is 20.5 Å². The zero-order valence-electron chi connectivity index (χ0n) is 18.6. The van der Waals surface area contributed by atoms with Crippen LogP contribution in [-0.4, -0.2) is 19.9 Å². The van der Waals surface area contributed by atoms with E-state index in [4.69, 9.17) is 10.5 Å². The Labute approximate surface area is 206 Å². The van der Waals surface area contributed by atoms with Gasteiger partial charge in [0.2, 0.25) is 12.4 Å². The van der Waals surface area contributed by atoms with Gasteiger partial charge in [-0.1, -0.05) is 0 Å². The van der Waals surface area contributed by atoms with Gasteiger partial charge >= 0.3 is 0 Å². The van der Waals surface area contributed by atoms with Gasteiger partial charge in [-0.3, -0.25) is 0 Å². The molecule has 8 nitrogen and oxygen atoms in total. The highest BCUT2D eigenvalue weighted by molar-refractivity contribution is 6.12. The molecule has 2 heterocycles. The van der Waals surface area contributed by atoms with Gasteiger partial charge in [-0.05, 0) is 36.4 Å². The van der Waals surface area contributed by atoms with Crippen LogP contribution in [0.15, 0.2) is 46.4 Å². The molecule has 7 rings (SSSR count). The summed E-state index contributed by atoms with van der Waals surface area (Å²) in [7, 11) is 0. The van der Waals surface area contributed by atoms with Crippen LogP contribution in [0.3, 0.4) is 0 Å². The Kier molecular flexibility index (Phi) is 4.24. The maximum absolute atomic E-state index is 15.9. The van der Waals surface area contributed by atoms with Crippen molar-refractivity contribution in [3.8, 4) is 12.4 Å². The molecule has 0 aliphatic rings. The lowest BCUT2D eigenvalue weighted by molar-refractivity contribution is 0.626. The van der Waals surface area contributed by atoms with E-state index in [-0.39, 0.29) is 43.6 Å². The molecule has 0 fully saturated rings. The fourth-order valence-corrected chi connectivity index (χ4v) is 4.83. The molecule has 0 unspecified atom stereocenters. The fourth-order valence-electron chi connectivity index (χ4n) is 4.83. The molecule has 0 N–H and O–H groups in total. The molecule has 0 radical (unpaired) electrons. The van der Waals surface area contributed by atoms with Gasteiger partial charge in [0.05, 0.1) is 11.0 Å². The number of aromatic nitrogens is 4. The third kappa shape index (κ3) is 2.71. The van der Waals surface area contributed by atoms with E-state index in [1.54, 1.807) is 12.4 Å². The SMILES string of the molecule is N#C/N=c1\c2cc(F)ccc2c2nc3c(F)c4nc5/c(=N/C#N)c6cc(F)ccc6c5nc4c(F)c3nc12. The second-order valence-corrected chi connectivity index (χ2v) is 8.36. The van der Waals surface area contributed by atoms with Crippen LogP contribution in [-0.2, 0) is 0 Å². The van der Waals surface area contributed by atoms with Gasteiger partial charge in [0.15, 0.2) is 11.6 Å². The highest BCUT2D eigenvalue weighted by Gasteiger charge is 2.24. The zero-order valence-corrected chi connectivity index (χ0v) is 18.6. The first-order valence-corrected chi connectivity index (χ1v) is 10.9. The highest BCUT2D eigenvalue weighted by Crippen LogP contribution is 2.32. The molecule has 12 heteroatoms. The molecule has 0 saturated heterocycles. The molecule has 0 saturated carbocycles. The minimum atomic E-state index is -1.05. The second-order valence-electron chi connectivity index (χ2n) is 8.36. The summed E-state index contributed by atoms with van der Waals surface area (Å²) in [6, 6.07) is 7.35. The zero-order chi connectivity index (χ0) is 26.3. The fraction of sp³-hybridized carbons (Fsp3) is 0. The predicted molar refractivity (Wildman–Crippen MR) is 127 cm³/mol. The molecular formula is C26H6F4N8. The summed E-state index contributed by atoms with van der Waals surface area (Å²) < 4.78 is 59.7. The van der Waals surface area contributed by atoms with Crippen LogP contribution in [0.5, 0.6) is 0 Å². The number of nitrogens with zero attached hydrogens (tertiary/aromatic N) is 8. The van der Waals surface area contributed by atoms with Crippen LogP contribution in [0.1, 0.15) is 0 Å². The number of halogens is 4. The lowest BCUT2D eigenvalue weighted by Crippen LogP contribution is -2.05. The second kappa shape index (κ2) is 7.44. The van der Waals surface area contributed by atoms with Crippen molar-refractivity contribution in [2.75, 3.05) is 0 Å². The van der Waals surface area contributed by atoms with Gasteiger partial charge in [-0.15, -0.1) is 0 Å². The number of benzene rings is 3. The van der Waals surface area contributed by atoms with Crippen molar-refractivity contribution in [2.45, 2.75) is 0 Å². The molecule has 178 valence electrons. The van der Waals surface area contributed by atoms with Crippen LogP contribution in [0, 0.1) is 46.2 Å². The molecule has 7 aromatic rings. The number of nitriles is 2. The van der Waals surface area contributed by atoms with E-state index in [0.717, 1.165) is 24.3 Å². The van der Waals surface area contributed by atoms with Gasteiger partial charge in [-0.25, -0.2) is 37.5 Å². The molecule has 0 amide bonds. The topological polar surface area (TPSA) is 124 Å². The van der Waals surface area contributed by atoms with Crippen LogP contribution in [0.2, 0.25) is 0 Å². The van der Waals surface area contributed by atoms with E-state index in [1.165, 1.54) is 12.1 Å². The van der Waals surface area contributed by atoms with Crippen molar-refractivity contribution in [1.82, 2.24) is 19.9 Å². The van der Waals surface area contributed by atoms with Gasteiger partial charge in [0.1, 0.15) is 55.4 Å². The van der Waals surface area contributed by atoms with Crippen molar-refractivity contribution < 1.29 is 17.6 Å². The first kappa shape index (κ1) is 21.6. The standard InChI is InChI=1S/C26H6F4N8/c27-9-1-3-11-13(5-9)17(33-7-31)25-19(11)35-21-15(29)24-22(16(30)23(21)37-25)36-20-12-4-2-10(28)6-14(12)18(34-8-32)26(20)38-24/h1-6H/b33-17+,34-18+. The summed E-state index contributed by atoms with van der Waals surface area (Å²) in [6.45, 7) is 0.